The highest BCUT2D eigenvalue weighted by molar-refractivity contribution is 7.87. The van der Waals surface area contributed by atoms with Crippen LogP contribution < -0.4 is 22.0 Å². The Bertz CT molecular complexity index is 2240. The van der Waals surface area contributed by atoms with E-state index in [-0.39, 0.29) is 75.7 Å². The van der Waals surface area contributed by atoms with Crippen molar-refractivity contribution in [2.45, 2.75) is 109 Å². The van der Waals surface area contributed by atoms with Gasteiger partial charge in [-0.05, 0) is 39.8 Å². The van der Waals surface area contributed by atoms with E-state index < -0.39 is 104 Å². The van der Waals surface area contributed by atoms with Crippen LogP contribution in [0.15, 0.2) is 34.1 Å². The number of carbonyl (C=O) groups excluding carboxylic acids is 2. The molecule has 8 atom stereocenters. The average molecular weight is 1050 g/mol. The van der Waals surface area contributed by atoms with Gasteiger partial charge in [0.1, 0.15) is 54.6 Å². The van der Waals surface area contributed by atoms with Gasteiger partial charge in [0, 0.05) is 25.2 Å². The normalized spacial score (nSPS) is 23.0. The fourth-order valence-electron chi connectivity index (χ4n) is 5.51. The summed E-state index contributed by atoms with van der Waals surface area (Å²) >= 11 is 0. The zero-order valence-electron chi connectivity index (χ0n) is 37.5. The van der Waals surface area contributed by atoms with Crippen molar-refractivity contribution in [2.24, 2.45) is 0 Å². The van der Waals surface area contributed by atoms with E-state index in [9.17, 15) is 70.3 Å². The number of amides is 2. The van der Waals surface area contributed by atoms with Crippen LogP contribution in [0.3, 0.4) is 0 Å². The fraction of sp³-hybridized carbons (Fsp3) is 0.714. The third-order valence-corrected chi connectivity index (χ3v) is 13.4. The first-order valence-corrected chi connectivity index (χ1v) is 25.4. The Hall–Kier alpha value is -3.62. The van der Waals surface area contributed by atoms with Crippen molar-refractivity contribution in [3.8, 4) is 0 Å². The Morgan fingerprint density at radius 1 is 0.706 bits per heavy atom. The number of halogens is 3. The highest BCUT2D eigenvalue weighted by Gasteiger charge is 2.49. The standard InChI is InChI=1S/C17H28N3O9P.C12H17N3O6.C6H12F3O6PS/c1-4-13(21)18-12-7-8-20(17(24)19-12)16-15(23)14(22)11(29-16)9-26-10-30(25,27-5-2)28-6-3;1-2-8(17)13-7-3-4-15(12(20)14-7)11-10(19)9(18)6(5-16)21-11;1-3-13-16(10,14-4-2)5-15-17(11,12)6(7,8)9/h7-8,11,14-16,22-23H,4-6,9-10H2,1-3H3,(H,18,19,21,24);3-4,6,9-11,16,18-19H,2,5H2,1H3,(H,13,14,17,20);3-5H2,1-2H3/t11-,14-,15+,16-;6-,9-,10+,11-;/m11./s1. The molecule has 0 bridgehead atoms. The Balaban J connectivity index is 0.000000367. The van der Waals surface area contributed by atoms with Gasteiger partial charge in [-0.25, -0.2) is 9.59 Å². The third-order valence-electron chi connectivity index (χ3n) is 8.72. The van der Waals surface area contributed by atoms with E-state index in [4.69, 9.17) is 28.4 Å². The summed E-state index contributed by atoms with van der Waals surface area (Å²) in [5.41, 5.74) is -7.10. The fourth-order valence-corrected chi connectivity index (χ4v) is 9.07. The summed E-state index contributed by atoms with van der Waals surface area (Å²) in [6, 6.07) is 2.76. The van der Waals surface area contributed by atoms with Crippen molar-refractivity contribution in [1.82, 2.24) is 19.1 Å². The van der Waals surface area contributed by atoms with Crippen molar-refractivity contribution in [1.29, 1.82) is 0 Å². The first-order valence-electron chi connectivity index (χ1n) is 20.5. The second kappa shape index (κ2) is 27.7. The summed E-state index contributed by atoms with van der Waals surface area (Å²) in [5, 5.41) is 53.9. The number of ether oxygens (including phenoxy) is 3. The van der Waals surface area contributed by atoms with Crippen LogP contribution in [0.5, 0.6) is 0 Å². The van der Waals surface area contributed by atoms with E-state index in [0.717, 1.165) is 9.13 Å². The molecule has 7 N–H and O–H groups in total. The Labute approximate surface area is 387 Å². The molecule has 33 heteroatoms. The molecule has 68 heavy (non-hydrogen) atoms. The molecule has 2 fully saturated rings. The topological polar surface area (TPSA) is 371 Å². The van der Waals surface area contributed by atoms with E-state index in [1.165, 1.54) is 38.4 Å². The predicted octanol–water partition coefficient (Wildman–Crippen LogP) is 0.731. The first-order chi connectivity index (χ1) is 31.8. The van der Waals surface area contributed by atoms with Gasteiger partial charge in [0.2, 0.25) is 11.8 Å². The second-order valence-electron chi connectivity index (χ2n) is 13.6. The molecule has 2 aliphatic heterocycles. The lowest BCUT2D eigenvalue weighted by Gasteiger charge is -2.19. The molecule has 2 aromatic rings. The number of hydrogen-bond donors (Lipinski definition) is 7. The third kappa shape index (κ3) is 17.7. The quantitative estimate of drug-likeness (QED) is 0.0485. The van der Waals surface area contributed by atoms with E-state index in [0.29, 0.717) is 0 Å². The minimum absolute atomic E-state index is 0.0682. The highest BCUT2D eigenvalue weighted by Crippen LogP contribution is 2.49. The Morgan fingerprint density at radius 3 is 1.43 bits per heavy atom. The van der Waals surface area contributed by atoms with Gasteiger partial charge in [-0.15, -0.1) is 0 Å². The van der Waals surface area contributed by atoms with Crippen LogP contribution >= 0.6 is 15.2 Å². The molecular weight excluding hydrogens is 991 g/mol. The molecule has 0 saturated carbocycles. The van der Waals surface area contributed by atoms with Gasteiger partial charge >= 0.3 is 42.2 Å². The lowest BCUT2D eigenvalue weighted by atomic mass is 10.1. The summed E-state index contributed by atoms with van der Waals surface area (Å²) < 4.78 is 122. The van der Waals surface area contributed by atoms with Gasteiger partial charge in [0.15, 0.2) is 18.8 Å². The van der Waals surface area contributed by atoms with Crippen molar-refractivity contribution < 1.29 is 102 Å². The van der Waals surface area contributed by atoms with Gasteiger partial charge in [0.05, 0.1) is 39.6 Å². The SMILES string of the molecule is CCC(=O)Nc1ccn([C@@H]2O[C@H](CO)[C@@H](O)[C@@H]2O)c(=O)n1.CCOP(=O)(COC[C@H]1O[C@@H](n2ccc(NC(=O)CC)nc2=O)[C@@H](O)[C@@H]1O)OCC.CCOP(=O)(COS(=O)(=O)C(F)(F)F)OCC. The summed E-state index contributed by atoms with van der Waals surface area (Å²) in [4.78, 5) is 54.2. The molecule has 4 heterocycles. The molecule has 4 rings (SSSR count). The number of carbonyl (C=O) groups is 2. The lowest BCUT2D eigenvalue weighted by molar-refractivity contribution is -0.116. The van der Waals surface area contributed by atoms with Crippen LogP contribution in [0.1, 0.15) is 66.8 Å². The van der Waals surface area contributed by atoms with Crippen LogP contribution in [0, 0.1) is 0 Å². The number of nitrogens with zero attached hydrogens (tertiary/aromatic N) is 4. The minimum Gasteiger partial charge on any atom is -0.394 e. The van der Waals surface area contributed by atoms with E-state index >= 15 is 0 Å². The van der Waals surface area contributed by atoms with Crippen molar-refractivity contribution in [3.05, 3.63) is 45.5 Å². The van der Waals surface area contributed by atoms with E-state index in [1.54, 1.807) is 27.7 Å². The molecule has 0 aliphatic carbocycles. The largest absolute Gasteiger partial charge is 0.523 e. The second-order valence-corrected chi connectivity index (χ2v) is 19.2. The Kier molecular flexibility index (Phi) is 24.6. The number of hydrogen-bond acceptors (Lipinski definition) is 23. The monoisotopic (exact) mass is 1050 g/mol. The molecule has 390 valence electrons. The molecule has 2 aromatic heterocycles. The summed E-state index contributed by atoms with van der Waals surface area (Å²) in [6.45, 7) is 8.91. The minimum atomic E-state index is -5.80. The zero-order valence-corrected chi connectivity index (χ0v) is 40.1. The van der Waals surface area contributed by atoms with Crippen molar-refractivity contribution in [3.63, 3.8) is 0 Å². The van der Waals surface area contributed by atoms with Crippen LogP contribution in [0.25, 0.3) is 0 Å². The Morgan fingerprint density at radius 2 is 1.09 bits per heavy atom. The molecule has 2 saturated heterocycles. The number of nitrogens with one attached hydrogen (secondary N) is 2. The number of alkyl halides is 3. The van der Waals surface area contributed by atoms with Crippen LogP contribution in [0.2, 0.25) is 0 Å². The first kappa shape index (κ1) is 60.5. The number of anilines is 2. The number of aliphatic hydroxyl groups excluding tert-OH is 5. The number of aliphatic hydroxyl groups is 5. The summed E-state index contributed by atoms with van der Waals surface area (Å²) in [6.07, 6.45) is -8.38. The lowest BCUT2D eigenvalue weighted by Crippen LogP contribution is -2.36. The van der Waals surface area contributed by atoms with Gasteiger partial charge in [0.25, 0.3) is 0 Å². The van der Waals surface area contributed by atoms with E-state index in [1.807, 2.05) is 0 Å². The highest BCUT2D eigenvalue weighted by atomic mass is 32.2. The number of aromatic nitrogens is 4. The predicted molar refractivity (Wildman–Crippen MR) is 227 cm³/mol. The van der Waals surface area contributed by atoms with Crippen LogP contribution in [-0.4, -0.2) is 159 Å². The van der Waals surface area contributed by atoms with Crippen molar-refractivity contribution in [2.75, 3.05) is 63.0 Å². The molecule has 27 nitrogen and oxygen atoms in total. The molecule has 2 aliphatic rings. The maximum Gasteiger partial charge on any atom is 0.523 e. The van der Waals surface area contributed by atoms with Crippen LogP contribution in [-0.2, 0) is 65.3 Å². The molecule has 0 unspecified atom stereocenters. The molecular formula is C35H57F3N6O21P2S. The molecule has 0 radical (unpaired) electrons. The smallest absolute Gasteiger partial charge is 0.394 e. The molecule has 0 aromatic carbocycles. The number of rotatable bonds is 22. The average Bonchev–Trinajstić information content (AvgIpc) is 3.71. The van der Waals surface area contributed by atoms with Gasteiger partial charge in [-0.1, -0.05) is 13.8 Å². The van der Waals surface area contributed by atoms with E-state index in [2.05, 4.69) is 33.8 Å². The molecule has 2 amide bonds. The van der Waals surface area contributed by atoms with Gasteiger partial charge in [-0.2, -0.15) is 31.6 Å². The maximum atomic E-state index is 12.4. The molecule has 0 spiro atoms. The zero-order chi connectivity index (χ0) is 51.6. The summed E-state index contributed by atoms with van der Waals surface area (Å²) in [7, 11) is -13.2. The van der Waals surface area contributed by atoms with Gasteiger partial charge in [-0.3, -0.25) is 32.0 Å². The van der Waals surface area contributed by atoms with Gasteiger partial charge < -0.3 is 68.5 Å². The van der Waals surface area contributed by atoms with Crippen LogP contribution in [0.4, 0.5) is 24.8 Å². The summed E-state index contributed by atoms with van der Waals surface area (Å²) in [5.74, 6) is -0.429. The van der Waals surface area contributed by atoms with Crippen molar-refractivity contribution >= 4 is 48.8 Å². The maximum absolute atomic E-state index is 12.4.